The molecule has 0 radical (unpaired) electrons. The van der Waals surface area contributed by atoms with Crippen LogP contribution in [-0.4, -0.2) is 64.0 Å². The molecular formula is C24H28ClN5O3. The van der Waals surface area contributed by atoms with Gasteiger partial charge in [-0.2, -0.15) is 0 Å². The predicted molar refractivity (Wildman–Crippen MR) is 124 cm³/mol. The molecule has 1 aliphatic carbocycles. The van der Waals surface area contributed by atoms with E-state index < -0.39 is 12.0 Å². The molecule has 33 heavy (non-hydrogen) atoms. The number of carbonyl (C=O) groups is 2. The quantitative estimate of drug-likeness (QED) is 0.713. The first-order valence-electron chi connectivity index (χ1n) is 11.5. The van der Waals surface area contributed by atoms with Gasteiger partial charge in [0.1, 0.15) is 12.1 Å². The van der Waals surface area contributed by atoms with Gasteiger partial charge in [0.25, 0.3) is 0 Å². The lowest BCUT2D eigenvalue weighted by Crippen LogP contribution is -2.52. The standard InChI is InChI=1S/C24H28ClN5O3/c1-14-12-18(31)22-20(14)23(27-13-26-22)29-8-10-30(11-9-29)24(33)21(17-6-7-19(32)28-17)15-2-4-16(25)5-3-15/h2-5,13-14,17-18,21,31H,6-12H2,1H3,(H,28,32)/t14-,17-,18-,21+/m1/s1. The number of anilines is 1. The Balaban J connectivity index is 1.33. The van der Waals surface area contributed by atoms with E-state index in [0.29, 0.717) is 50.5 Å². The van der Waals surface area contributed by atoms with Crippen LogP contribution in [0.25, 0.3) is 0 Å². The lowest BCUT2D eigenvalue weighted by Gasteiger charge is -2.38. The molecular weight excluding hydrogens is 442 g/mol. The highest BCUT2D eigenvalue weighted by molar-refractivity contribution is 6.30. The van der Waals surface area contributed by atoms with Crippen molar-refractivity contribution in [3.8, 4) is 0 Å². The zero-order valence-corrected chi connectivity index (χ0v) is 19.3. The van der Waals surface area contributed by atoms with Crippen molar-refractivity contribution in [3.05, 3.63) is 52.4 Å². The minimum Gasteiger partial charge on any atom is -0.387 e. The van der Waals surface area contributed by atoms with Gasteiger partial charge in [-0.15, -0.1) is 0 Å². The molecule has 2 saturated heterocycles. The van der Waals surface area contributed by atoms with E-state index >= 15 is 0 Å². The molecule has 1 aromatic carbocycles. The molecule has 3 aliphatic rings. The third-order valence-electron chi connectivity index (χ3n) is 7.10. The van der Waals surface area contributed by atoms with Crippen molar-refractivity contribution in [1.29, 1.82) is 0 Å². The molecule has 0 bridgehead atoms. The van der Waals surface area contributed by atoms with Gasteiger partial charge in [-0.05, 0) is 36.5 Å². The van der Waals surface area contributed by atoms with Crippen LogP contribution in [0.2, 0.25) is 5.02 Å². The van der Waals surface area contributed by atoms with E-state index in [0.717, 1.165) is 22.6 Å². The van der Waals surface area contributed by atoms with E-state index in [9.17, 15) is 14.7 Å². The molecule has 2 aliphatic heterocycles. The fourth-order valence-corrected chi connectivity index (χ4v) is 5.52. The fourth-order valence-electron chi connectivity index (χ4n) is 5.39. The molecule has 0 saturated carbocycles. The maximum atomic E-state index is 13.7. The number of benzene rings is 1. The number of hydrogen-bond acceptors (Lipinski definition) is 6. The Morgan fingerprint density at radius 2 is 1.91 bits per heavy atom. The van der Waals surface area contributed by atoms with Gasteiger partial charge in [0.2, 0.25) is 11.8 Å². The molecule has 2 aromatic rings. The topological polar surface area (TPSA) is 98.7 Å². The van der Waals surface area contributed by atoms with Crippen molar-refractivity contribution in [2.75, 3.05) is 31.1 Å². The number of rotatable bonds is 4. The largest absolute Gasteiger partial charge is 0.387 e. The van der Waals surface area contributed by atoms with Crippen molar-refractivity contribution < 1.29 is 14.7 Å². The molecule has 1 aromatic heterocycles. The molecule has 8 nitrogen and oxygen atoms in total. The third kappa shape index (κ3) is 4.17. The molecule has 5 rings (SSSR count). The monoisotopic (exact) mass is 469 g/mol. The number of aliphatic hydroxyl groups is 1. The van der Waals surface area contributed by atoms with Crippen LogP contribution < -0.4 is 10.2 Å². The summed E-state index contributed by atoms with van der Waals surface area (Å²) in [6.07, 6.45) is 2.73. The maximum absolute atomic E-state index is 13.7. The van der Waals surface area contributed by atoms with Gasteiger partial charge in [-0.25, -0.2) is 9.97 Å². The number of carbonyl (C=O) groups excluding carboxylic acids is 2. The highest BCUT2D eigenvalue weighted by atomic mass is 35.5. The second kappa shape index (κ2) is 8.91. The average Bonchev–Trinajstić information content (AvgIpc) is 3.37. The van der Waals surface area contributed by atoms with Gasteiger partial charge in [0.05, 0.1) is 17.7 Å². The van der Waals surface area contributed by atoms with Gasteiger partial charge in [0.15, 0.2) is 0 Å². The highest BCUT2D eigenvalue weighted by Crippen LogP contribution is 2.43. The van der Waals surface area contributed by atoms with Crippen LogP contribution in [-0.2, 0) is 9.59 Å². The fraction of sp³-hybridized carbons (Fsp3) is 0.500. The van der Waals surface area contributed by atoms with Crippen LogP contribution in [0.5, 0.6) is 0 Å². The molecule has 9 heteroatoms. The first kappa shape index (κ1) is 22.1. The van der Waals surface area contributed by atoms with Crippen molar-refractivity contribution in [1.82, 2.24) is 20.2 Å². The van der Waals surface area contributed by atoms with Gasteiger partial charge >= 0.3 is 0 Å². The number of fused-ring (bicyclic) bond motifs is 1. The van der Waals surface area contributed by atoms with Crippen LogP contribution in [0.1, 0.15) is 60.9 Å². The summed E-state index contributed by atoms with van der Waals surface area (Å²) in [5.41, 5.74) is 2.62. The normalized spacial score (nSPS) is 25.7. The van der Waals surface area contributed by atoms with E-state index in [2.05, 4.69) is 27.1 Å². The number of piperazine rings is 1. The van der Waals surface area contributed by atoms with Crippen LogP contribution in [0, 0.1) is 0 Å². The van der Waals surface area contributed by atoms with E-state index in [1.165, 1.54) is 6.33 Å². The molecule has 2 amide bonds. The van der Waals surface area contributed by atoms with Crippen molar-refractivity contribution >= 4 is 29.2 Å². The molecule has 4 atom stereocenters. The van der Waals surface area contributed by atoms with Crippen LogP contribution in [0.3, 0.4) is 0 Å². The lowest BCUT2D eigenvalue weighted by atomic mass is 9.89. The maximum Gasteiger partial charge on any atom is 0.232 e. The summed E-state index contributed by atoms with van der Waals surface area (Å²) in [6.45, 7) is 4.54. The van der Waals surface area contributed by atoms with Gasteiger partial charge in [-0.1, -0.05) is 30.7 Å². The molecule has 2 fully saturated rings. The van der Waals surface area contributed by atoms with E-state index in [1.807, 2.05) is 17.0 Å². The summed E-state index contributed by atoms with van der Waals surface area (Å²) in [6, 6.07) is 7.12. The summed E-state index contributed by atoms with van der Waals surface area (Å²) >= 11 is 6.06. The van der Waals surface area contributed by atoms with E-state index in [4.69, 9.17) is 11.6 Å². The zero-order chi connectivity index (χ0) is 23.1. The number of nitrogens with one attached hydrogen (secondary N) is 1. The smallest absolute Gasteiger partial charge is 0.232 e. The summed E-state index contributed by atoms with van der Waals surface area (Å²) in [5.74, 6) is 0.657. The molecule has 0 spiro atoms. The Bertz CT molecular complexity index is 1050. The number of nitrogens with zero attached hydrogens (tertiary/aromatic N) is 4. The van der Waals surface area contributed by atoms with Gasteiger partial charge in [-0.3, -0.25) is 9.59 Å². The minimum absolute atomic E-state index is 0.00879. The number of aromatic nitrogens is 2. The average molecular weight is 470 g/mol. The van der Waals surface area contributed by atoms with E-state index in [-0.39, 0.29) is 23.8 Å². The van der Waals surface area contributed by atoms with Crippen molar-refractivity contribution in [3.63, 3.8) is 0 Å². The Hall–Kier alpha value is -2.71. The number of aliphatic hydroxyl groups excluding tert-OH is 1. The van der Waals surface area contributed by atoms with Crippen LogP contribution >= 0.6 is 11.6 Å². The van der Waals surface area contributed by atoms with E-state index in [1.54, 1.807) is 12.1 Å². The number of halogens is 1. The molecule has 0 unspecified atom stereocenters. The second-order valence-corrected chi connectivity index (χ2v) is 9.64. The first-order chi connectivity index (χ1) is 15.9. The SMILES string of the molecule is C[C@@H]1C[C@@H](O)c2ncnc(N3CCN(C(=O)[C@@H](c4ccc(Cl)cc4)[C@H]4CCC(=O)N4)CC3)c21. The van der Waals surface area contributed by atoms with Crippen molar-refractivity contribution in [2.24, 2.45) is 0 Å². The zero-order valence-electron chi connectivity index (χ0n) is 18.6. The van der Waals surface area contributed by atoms with Crippen LogP contribution in [0.4, 0.5) is 5.82 Å². The second-order valence-electron chi connectivity index (χ2n) is 9.20. The lowest BCUT2D eigenvalue weighted by molar-refractivity contribution is -0.133. The first-order valence-corrected chi connectivity index (χ1v) is 11.9. The Morgan fingerprint density at radius 1 is 1.18 bits per heavy atom. The van der Waals surface area contributed by atoms with Gasteiger partial charge in [0, 0.05) is 49.2 Å². The Morgan fingerprint density at radius 3 is 2.58 bits per heavy atom. The predicted octanol–water partition coefficient (Wildman–Crippen LogP) is 2.38. The summed E-state index contributed by atoms with van der Waals surface area (Å²) in [7, 11) is 0. The number of amides is 2. The third-order valence-corrected chi connectivity index (χ3v) is 7.35. The van der Waals surface area contributed by atoms with Crippen LogP contribution in [0.15, 0.2) is 30.6 Å². The Labute approximate surface area is 198 Å². The minimum atomic E-state index is -0.540. The van der Waals surface area contributed by atoms with Gasteiger partial charge < -0.3 is 20.2 Å². The van der Waals surface area contributed by atoms with Crippen molar-refractivity contribution in [2.45, 2.75) is 50.2 Å². The summed E-state index contributed by atoms with van der Waals surface area (Å²) in [4.78, 5) is 38.5. The Kier molecular flexibility index (Phi) is 5.97. The molecule has 2 N–H and O–H groups in total. The summed E-state index contributed by atoms with van der Waals surface area (Å²) in [5, 5.41) is 13.9. The summed E-state index contributed by atoms with van der Waals surface area (Å²) < 4.78 is 0. The number of hydrogen-bond donors (Lipinski definition) is 2. The highest BCUT2D eigenvalue weighted by Gasteiger charge is 2.39. The molecule has 174 valence electrons. The molecule has 3 heterocycles.